The molecule has 0 spiro atoms. The van der Waals surface area contributed by atoms with Crippen LogP contribution in [-0.4, -0.2) is 40.3 Å². The van der Waals surface area contributed by atoms with Crippen molar-refractivity contribution in [1.29, 1.82) is 0 Å². The third-order valence-corrected chi connectivity index (χ3v) is 3.21. The van der Waals surface area contributed by atoms with Gasteiger partial charge >= 0.3 is 0 Å². The highest BCUT2D eigenvalue weighted by Crippen LogP contribution is 2.14. The van der Waals surface area contributed by atoms with E-state index in [1.165, 1.54) is 0 Å². The van der Waals surface area contributed by atoms with Crippen LogP contribution in [0.15, 0.2) is 28.8 Å². The molecule has 7 heteroatoms. The molecule has 1 N–H and O–H groups in total. The van der Waals surface area contributed by atoms with Gasteiger partial charge in [0, 0.05) is 25.8 Å². The number of pyridine rings is 1. The lowest BCUT2D eigenvalue weighted by Gasteiger charge is -2.08. The molecule has 1 atom stereocenters. The van der Waals surface area contributed by atoms with Gasteiger partial charge < -0.3 is 14.5 Å². The number of carbonyl (C=O) groups excluding carboxylic acids is 1. The largest absolute Gasteiger partial charge is 0.419 e. The molecule has 0 aliphatic carbocycles. The van der Waals surface area contributed by atoms with E-state index in [1.807, 2.05) is 12.1 Å². The van der Waals surface area contributed by atoms with Crippen molar-refractivity contribution >= 4 is 5.91 Å². The van der Waals surface area contributed by atoms with Crippen molar-refractivity contribution in [3.63, 3.8) is 0 Å². The normalized spacial score (nSPS) is 17.8. The molecule has 1 fully saturated rings. The Hall–Kier alpha value is -2.28. The number of hydrogen-bond acceptors (Lipinski definition) is 6. The van der Waals surface area contributed by atoms with Crippen LogP contribution in [0.2, 0.25) is 0 Å². The van der Waals surface area contributed by atoms with Gasteiger partial charge in [0.05, 0.1) is 0 Å². The van der Waals surface area contributed by atoms with E-state index in [0.717, 1.165) is 12.8 Å². The van der Waals surface area contributed by atoms with E-state index >= 15 is 0 Å². The molecule has 1 saturated heterocycles. The van der Waals surface area contributed by atoms with Gasteiger partial charge in [0.2, 0.25) is 11.8 Å². The molecule has 0 radical (unpaired) electrons. The van der Waals surface area contributed by atoms with Gasteiger partial charge in [0.25, 0.3) is 5.89 Å². The second-order valence-corrected chi connectivity index (χ2v) is 4.76. The molecule has 0 saturated carbocycles. The summed E-state index contributed by atoms with van der Waals surface area (Å²) in [6.07, 6.45) is 3.57. The molecule has 1 aliphatic heterocycles. The monoisotopic (exact) mass is 288 g/mol. The van der Waals surface area contributed by atoms with Crippen molar-refractivity contribution in [2.75, 3.05) is 13.2 Å². The topological polar surface area (TPSA) is 90.1 Å². The van der Waals surface area contributed by atoms with E-state index in [4.69, 9.17) is 9.15 Å². The molecule has 3 heterocycles. The van der Waals surface area contributed by atoms with Crippen LogP contribution < -0.4 is 5.32 Å². The molecule has 0 bridgehead atoms. The summed E-state index contributed by atoms with van der Waals surface area (Å²) >= 11 is 0. The summed E-state index contributed by atoms with van der Waals surface area (Å²) in [4.78, 5) is 15.9. The molecular formula is C14H16N4O3. The Balaban J connectivity index is 1.50. The summed E-state index contributed by atoms with van der Waals surface area (Å²) in [5, 5.41) is 10.7. The van der Waals surface area contributed by atoms with Gasteiger partial charge in [-0.15, -0.1) is 10.2 Å². The van der Waals surface area contributed by atoms with E-state index in [-0.39, 0.29) is 12.0 Å². The summed E-state index contributed by atoms with van der Waals surface area (Å²) in [5.41, 5.74) is 0.639. The number of aromatic nitrogens is 3. The zero-order chi connectivity index (χ0) is 14.5. The average molecular weight is 288 g/mol. The maximum absolute atomic E-state index is 11.7. The second-order valence-electron chi connectivity index (χ2n) is 4.76. The predicted octanol–water partition coefficient (Wildman–Crippen LogP) is 0.969. The molecule has 7 nitrogen and oxygen atoms in total. The fourth-order valence-electron chi connectivity index (χ4n) is 2.14. The Bertz CT molecular complexity index is 593. The number of amides is 1. The first-order valence-corrected chi connectivity index (χ1v) is 6.96. The number of rotatable bonds is 5. The Kier molecular flexibility index (Phi) is 4.20. The van der Waals surface area contributed by atoms with Crippen LogP contribution in [0.1, 0.15) is 18.7 Å². The lowest BCUT2D eigenvalue weighted by molar-refractivity contribution is -0.130. The summed E-state index contributed by atoms with van der Waals surface area (Å²) in [5.74, 6) is 0.788. The number of nitrogens with one attached hydrogen (secondary N) is 1. The third kappa shape index (κ3) is 3.43. The lowest BCUT2D eigenvalue weighted by Crippen LogP contribution is -2.35. The van der Waals surface area contributed by atoms with E-state index < -0.39 is 0 Å². The van der Waals surface area contributed by atoms with Gasteiger partial charge in [0.1, 0.15) is 11.8 Å². The van der Waals surface area contributed by atoms with Crippen LogP contribution in [-0.2, 0) is 16.0 Å². The Morgan fingerprint density at radius 3 is 3.10 bits per heavy atom. The van der Waals surface area contributed by atoms with Gasteiger partial charge in [-0.2, -0.15) is 0 Å². The summed E-state index contributed by atoms with van der Waals surface area (Å²) in [7, 11) is 0. The summed E-state index contributed by atoms with van der Waals surface area (Å²) < 4.78 is 10.8. The van der Waals surface area contributed by atoms with E-state index in [1.54, 1.807) is 12.3 Å². The Morgan fingerprint density at radius 1 is 1.38 bits per heavy atom. The van der Waals surface area contributed by atoms with Crippen molar-refractivity contribution in [1.82, 2.24) is 20.5 Å². The van der Waals surface area contributed by atoms with Crippen molar-refractivity contribution in [2.45, 2.75) is 25.4 Å². The maximum atomic E-state index is 11.7. The first-order valence-electron chi connectivity index (χ1n) is 6.96. The smallest absolute Gasteiger partial charge is 0.266 e. The fraction of sp³-hybridized carbons (Fsp3) is 0.429. The van der Waals surface area contributed by atoms with E-state index in [9.17, 15) is 4.79 Å². The Morgan fingerprint density at radius 2 is 2.33 bits per heavy atom. The molecule has 21 heavy (non-hydrogen) atoms. The summed E-state index contributed by atoms with van der Waals surface area (Å²) in [6, 6.07) is 5.48. The van der Waals surface area contributed by atoms with E-state index in [0.29, 0.717) is 37.0 Å². The highest BCUT2D eigenvalue weighted by Gasteiger charge is 2.23. The molecule has 2 aromatic rings. The van der Waals surface area contributed by atoms with Crippen molar-refractivity contribution in [3.05, 3.63) is 30.3 Å². The van der Waals surface area contributed by atoms with Crippen molar-refractivity contribution in [2.24, 2.45) is 0 Å². The van der Waals surface area contributed by atoms with Crippen LogP contribution in [0.25, 0.3) is 11.6 Å². The van der Waals surface area contributed by atoms with Gasteiger partial charge in [-0.05, 0) is 25.0 Å². The first-order chi connectivity index (χ1) is 10.3. The minimum absolute atomic E-state index is 0.0723. The van der Waals surface area contributed by atoms with Crippen LogP contribution >= 0.6 is 0 Å². The number of hydrogen-bond donors (Lipinski definition) is 1. The van der Waals surface area contributed by atoms with Crippen LogP contribution in [0.5, 0.6) is 0 Å². The Labute approximate surface area is 121 Å². The standard InChI is InChI=1S/C14H16N4O3/c19-13(11-5-3-9-20-11)16-8-6-12-17-18-14(21-12)10-4-1-2-7-15-10/h1-2,4,7,11H,3,5-6,8-9H2,(H,16,19). The van der Waals surface area contributed by atoms with Gasteiger partial charge in [-0.3, -0.25) is 9.78 Å². The van der Waals surface area contributed by atoms with Crippen LogP contribution in [0.3, 0.4) is 0 Å². The number of nitrogens with zero attached hydrogens (tertiary/aromatic N) is 3. The number of ether oxygens (including phenoxy) is 1. The highest BCUT2D eigenvalue weighted by atomic mass is 16.5. The van der Waals surface area contributed by atoms with Gasteiger partial charge in [-0.1, -0.05) is 6.07 Å². The first kappa shape index (κ1) is 13.7. The molecular weight excluding hydrogens is 272 g/mol. The lowest BCUT2D eigenvalue weighted by atomic mass is 10.2. The van der Waals surface area contributed by atoms with Crippen molar-refractivity contribution < 1.29 is 13.9 Å². The zero-order valence-corrected chi connectivity index (χ0v) is 11.5. The third-order valence-electron chi connectivity index (χ3n) is 3.21. The molecule has 2 aromatic heterocycles. The average Bonchev–Trinajstić information content (AvgIpc) is 3.20. The fourth-order valence-corrected chi connectivity index (χ4v) is 2.14. The van der Waals surface area contributed by atoms with Crippen LogP contribution in [0.4, 0.5) is 0 Å². The zero-order valence-electron chi connectivity index (χ0n) is 11.5. The van der Waals surface area contributed by atoms with E-state index in [2.05, 4.69) is 20.5 Å². The highest BCUT2D eigenvalue weighted by molar-refractivity contribution is 5.80. The quantitative estimate of drug-likeness (QED) is 0.881. The van der Waals surface area contributed by atoms with Gasteiger partial charge in [0.15, 0.2) is 0 Å². The molecule has 1 unspecified atom stereocenters. The molecule has 3 rings (SSSR count). The molecule has 110 valence electrons. The minimum Gasteiger partial charge on any atom is -0.419 e. The SMILES string of the molecule is O=C(NCCc1nnc(-c2ccccn2)o1)C1CCCO1. The minimum atomic E-state index is -0.309. The van der Waals surface area contributed by atoms with Crippen LogP contribution in [0, 0.1) is 0 Å². The molecule has 1 aliphatic rings. The molecule has 0 aromatic carbocycles. The number of carbonyl (C=O) groups is 1. The predicted molar refractivity (Wildman–Crippen MR) is 73.2 cm³/mol. The van der Waals surface area contributed by atoms with Gasteiger partial charge in [-0.25, -0.2) is 0 Å². The maximum Gasteiger partial charge on any atom is 0.266 e. The summed E-state index contributed by atoms with van der Waals surface area (Å²) in [6.45, 7) is 1.11. The second kappa shape index (κ2) is 6.45. The molecule has 1 amide bonds. The van der Waals surface area contributed by atoms with Crippen molar-refractivity contribution in [3.8, 4) is 11.6 Å².